The Morgan fingerprint density at radius 3 is 2.36 bits per heavy atom. The van der Waals surface area contributed by atoms with E-state index in [2.05, 4.69) is 9.58 Å². The molecule has 1 atom stereocenters. The van der Waals surface area contributed by atoms with E-state index in [-0.39, 0.29) is 25.8 Å². The number of hydrogen-bond donors (Lipinski definition) is 0. The van der Waals surface area contributed by atoms with E-state index >= 15 is 0 Å². The summed E-state index contributed by atoms with van der Waals surface area (Å²) in [4.78, 5) is 28.5. The smallest absolute Gasteiger partial charge is 0.410 e. The third-order valence-electron chi connectivity index (χ3n) is 3.43. The van der Waals surface area contributed by atoms with Crippen LogP contribution in [0.2, 0.25) is 0 Å². The van der Waals surface area contributed by atoms with Gasteiger partial charge in [0.15, 0.2) is 0 Å². The average molecular weight is 348 g/mol. The molecular formula is C18H24N2O5. The first kappa shape index (κ1) is 20.3. The molecule has 0 heterocycles. The van der Waals surface area contributed by atoms with Gasteiger partial charge in [-0.1, -0.05) is 26.0 Å². The topological polar surface area (TPSA) is 69.4 Å². The summed E-state index contributed by atoms with van der Waals surface area (Å²) in [5.74, 6) is 0.234. The number of benzene rings is 1. The van der Waals surface area contributed by atoms with E-state index in [9.17, 15) is 9.59 Å². The molecule has 0 fully saturated rings. The van der Waals surface area contributed by atoms with Crippen molar-refractivity contribution < 1.29 is 23.8 Å². The molecule has 0 spiro atoms. The highest BCUT2D eigenvalue weighted by molar-refractivity contribution is 5.78. The van der Waals surface area contributed by atoms with Crippen LogP contribution in [0.3, 0.4) is 0 Å². The SMILES string of the molecule is [C-]#[N+]COc1ccc([C@H](C)N(CC(=O)OC)C(=O)OCC(C)C)cc1. The van der Waals surface area contributed by atoms with Gasteiger partial charge in [-0.05, 0) is 30.5 Å². The lowest BCUT2D eigenvalue weighted by atomic mass is 10.1. The number of hydrogen-bond acceptors (Lipinski definition) is 5. The summed E-state index contributed by atoms with van der Waals surface area (Å²) in [5, 5.41) is 0. The average Bonchev–Trinajstić information content (AvgIpc) is 2.62. The second-order valence-electron chi connectivity index (χ2n) is 5.85. The quantitative estimate of drug-likeness (QED) is 0.533. The number of amides is 1. The van der Waals surface area contributed by atoms with Gasteiger partial charge in [-0.2, -0.15) is 0 Å². The number of ether oxygens (including phenoxy) is 3. The lowest BCUT2D eigenvalue weighted by Gasteiger charge is -2.28. The minimum absolute atomic E-state index is 0.0507. The van der Waals surface area contributed by atoms with Gasteiger partial charge in [0.1, 0.15) is 12.3 Å². The first-order valence-electron chi connectivity index (χ1n) is 7.95. The van der Waals surface area contributed by atoms with Crippen LogP contribution in [0.1, 0.15) is 32.4 Å². The molecule has 7 heteroatoms. The van der Waals surface area contributed by atoms with Gasteiger partial charge in [0, 0.05) is 0 Å². The number of carbonyl (C=O) groups is 2. The number of nitrogens with zero attached hydrogens (tertiary/aromatic N) is 2. The van der Waals surface area contributed by atoms with E-state index in [0.29, 0.717) is 5.75 Å². The maximum absolute atomic E-state index is 12.4. The maximum Gasteiger partial charge on any atom is 0.410 e. The summed E-state index contributed by atoms with van der Waals surface area (Å²) in [5.41, 5.74) is 0.806. The first-order chi connectivity index (χ1) is 11.9. The van der Waals surface area contributed by atoms with Gasteiger partial charge in [-0.25, -0.2) is 11.4 Å². The van der Waals surface area contributed by atoms with Gasteiger partial charge in [0.25, 0.3) is 0 Å². The fourth-order valence-corrected chi connectivity index (χ4v) is 2.01. The molecule has 25 heavy (non-hydrogen) atoms. The zero-order chi connectivity index (χ0) is 18.8. The number of rotatable bonds is 8. The summed E-state index contributed by atoms with van der Waals surface area (Å²) in [6.07, 6.45) is -0.570. The largest absolute Gasteiger partial charge is 0.468 e. The minimum atomic E-state index is -0.570. The first-order valence-corrected chi connectivity index (χ1v) is 7.95. The van der Waals surface area contributed by atoms with Gasteiger partial charge < -0.3 is 14.2 Å². The Hall–Kier alpha value is -2.75. The van der Waals surface area contributed by atoms with Crippen LogP contribution >= 0.6 is 0 Å². The third kappa shape index (κ3) is 6.71. The zero-order valence-electron chi connectivity index (χ0n) is 15.0. The van der Waals surface area contributed by atoms with E-state index in [1.54, 1.807) is 31.2 Å². The van der Waals surface area contributed by atoms with Crippen LogP contribution in [0.15, 0.2) is 24.3 Å². The van der Waals surface area contributed by atoms with Gasteiger partial charge in [0.05, 0.1) is 19.8 Å². The molecule has 7 nitrogen and oxygen atoms in total. The third-order valence-corrected chi connectivity index (χ3v) is 3.43. The second kappa shape index (κ2) is 10.2. The Balaban J connectivity index is 2.90. The van der Waals surface area contributed by atoms with Crippen molar-refractivity contribution in [2.24, 2.45) is 5.92 Å². The van der Waals surface area contributed by atoms with Crippen molar-refractivity contribution in [1.82, 2.24) is 4.90 Å². The molecule has 0 aromatic heterocycles. The number of carbonyl (C=O) groups excluding carboxylic acids is 2. The molecule has 0 saturated heterocycles. The van der Waals surface area contributed by atoms with Crippen molar-refractivity contribution in [3.63, 3.8) is 0 Å². The number of methoxy groups -OCH3 is 1. The summed E-state index contributed by atoms with van der Waals surface area (Å²) >= 11 is 0. The summed E-state index contributed by atoms with van der Waals surface area (Å²) in [6, 6.07) is 6.60. The highest BCUT2D eigenvalue weighted by Crippen LogP contribution is 2.23. The van der Waals surface area contributed by atoms with Crippen molar-refractivity contribution in [3.05, 3.63) is 41.2 Å². The normalized spacial score (nSPS) is 11.4. The summed E-state index contributed by atoms with van der Waals surface area (Å²) in [6.45, 7) is 12.4. The molecule has 0 saturated carbocycles. The van der Waals surface area contributed by atoms with Gasteiger partial charge in [-0.3, -0.25) is 14.5 Å². The Morgan fingerprint density at radius 1 is 1.20 bits per heavy atom. The Morgan fingerprint density at radius 2 is 1.84 bits per heavy atom. The van der Waals surface area contributed by atoms with Gasteiger partial charge in [0.2, 0.25) is 0 Å². The molecule has 1 aromatic carbocycles. The Bertz CT molecular complexity index is 607. The van der Waals surface area contributed by atoms with Crippen LogP contribution in [0.5, 0.6) is 5.75 Å². The monoisotopic (exact) mass is 348 g/mol. The second-order valence-corrected chi connectivity index (χ2v) is 5.85. The van der Waals surface area contributed by atoms with Crippen LogP contribution in [-0.2, 0) is 14.3 Å². The van der Waals surface area contributed by atoms with Crippen molar-refractivity contribution in [2.75, 3.05) is 27.0 Å². The van der Waals surface area contributed by atoms with E-state index in [4.69, 9.17) is 16.0 Å². The van der Waals surface area contributed by atoms with Crippen molar-refractivity contribution >= 4 is 12.1 Å². The highest BCUT2D eigenvalue weighted by Gasteiger charge is 2.26. The predicted octanol–water partition coefficient (Wildman–Crippen LogP) is 3.27. The van der Waals surface area contributed by atoms with E-state index in [1.165, 1.54) is 12.0 Å². The van der Waals surface area contributed by atoms with Crippen LogP contribution in [-0.4, -0.2) is 44.0 Å². The van der Waals surface area contributed by atoms with Crippen LogP contribution in [0.4, 0.5) is 4.79 Å². The highest BCUT2D eigenvalue weighted by atomic mass is 16.6. The van der Waals surface area contributed by atoms with Crippen molar-refractivity contribution in [3.8, 4) is 5.75 Å². The molecule has 0 aliphatic carbocycles. The molecular weight excluding hydrogens is 324 g/mol. The summed E-state index contributed by atoms with van der Waals surface area (Å²) in [7, 11) is 1.27. The van der Waals surface area contributed by atoms with Crippen molar-refractivity contribution in [2.45, 2.75) is 26.8 Å². The maximum atomic E-state index is 12.4. The Labute approximate surface area is 148 Å². The van der Waals surface area contributed by atoms with Gasteiger partial charge in [-0.15, -0.1) is 0 Å². The summed E-state index contributed by atoms with van der Waals surface area (Å²) < 4.78 is 15.1. The Kier molecular flexibility index (Phi) is 8.27. The minimum Gasteiger partial charge on any atom is -0.468 e. The predicted molar refractivity (Wildman–Crippen MR) is 91.9 cm³/mol. The lowest BCUT2D eigenvalue weighted by Crippen LogP contribution is -2.39. The molecule has 1 rings (SSSR count). The number of esters is 1. The van der Waals surface area contributed by atoms with E-state index in [0.717, 1.165) is 5.56 Å². The fourth-order valence-electron chi connectivity index (χ4n) is 2.01. The molecule has 0 N–H and O–H groups in total. The standard InChI is InChI=1S/C18H24N2O5/c1-13(2)11-24-18(22)20(10-17(21)23-5)14(3)15-6-8-16(9-7-15)25-12-19-4/h6-9,13-14H,10-12H2,1-3,5H3/t14-/m0/s1. The molecule has 0 unspecified atom stereocenters. The van der Waals surface area contributed by atoms with Crippen LogP contribution in [0, 0.1) is 12.5 Å². The lowest BCUT2D eigenvalue weighted by molar-refractivity contribution is -0.142. The van der Waals surface area contributed by atoms with Crippen LogP contribution in [0.25, 0.3) is 4.85 Å². The molecule has 1 aromatic rings. The molecule has 136 valence electrons. The molecule has 0 radical (unpaired) electrons. The van der Waals surface area contributed by atoms with Crippen molar-refractivity contribution in [1.29, 1.82) is 0 Å². The fraction of sp³-hybridized carbons (Fsp3) is 0.500. The zero-order valence-corrected chi connectivity index (χ0v) is 15.0. The molecule has 0 aliphatic rings. The van der Waals surface area contributed by atoms with E-state index < -0.39 is 18.1 Å². The van der Waals surface area contributed by atoms with E-state index in [1.807, 2.05) is 13.8 Å². The van der Waals surface area contributed by atoms with Crippen LogP contribution < -0.4 is 4.74 Å². The molecule has 0 aliphatic heterocycles. The van der Waals surface area contributed by atoms with Gasteiger partial charge >= 0.3 is 18.8 Å². The molecule has 0 bridgehead atoms. The molecule has 1 amide bonds.